The van der Waals surface area contributed by atoms with Gasteiger partial charge in [0.05, 0.1) is 24.9 Å². The standard InChI is InChI=1S/C28H27N3O4S/c1-2-33-27(32)15-24-20-36-28(30-24)31-29-17-23-13-25(34-18-21-9-5-3-6-10-21)16-26(14-23)35-19-22-11-7-4-8-12-22/h3-14,16-17,20H,2,15,18-19H2,1H3,(H,30,31). The average Bonchev–Trinajstić information content (AvgIpc) is 3.34. The van der Waals surface area contributed by atoms with Crippen LogP contribution in [0.5, 0.6) is 11.5 Å². The lowest BCUT2D eigenvalue weighted by atomic mass is 10.2. The van der Waals surface area contributed by atoms with Crippen molar-refractivity contribution in [2.75, 3.05) is 12.0 Å². The van der Waals surface area contributed by atoms with Crippen molar-refractivity contribution in [2.45, 2.75) is 26.6 Å². The molecule has 0 saturated heterocycles. The van der Waals surface area contributed by atoms with Gasteiger partial charge in [-0.2, -0.15) is 5.10 Å². The molecular formula is C28H27N3O4S. The minimum absolute atomic E-state index is 0.138. The Balaban J connectivity index is 1.43. The smallest absolute Gasteiger partial charge is 0.311 e. The van der Waals surface area contributed by atoms with Crippen LogP contribution in [-0.2, 0) is 29.2 Å². The van der Waals surface area contributed by atoms with Gasteiger partial charge >= 0.3 is 5.97 Å². The van der Waals surface area contributed by atoms with Crippen molar-refractivity contribution >= 4 is 28.7 Å². The van der Waals surface area contributed by atoms with Gasteiger partial charge in [-0.3, -0.25) is 10.2 Å². The van der Waals surface area contributed by atoms with E-state index in [1.807, 2.05) is 84.2 Å². The SMILES string of the molecule is CCOC(=O)Cc1csc(NN=Cc2cc(OCc3ccccc3)cc(OCc3ccccc3)c2)n1. The van der Waals surface area contributed by atoms with Gasteiger partial charge in [0.15, 0.2) is 0 Å². The van der Waals surface area contributed by atoms with E-state index >= 15 is 0 Å². The van der Waals surface area contributed by atoms with Crippen LogP contribution in [0.1, 0.15) is 29.3 Å². The van der Waals surface area contributed by atoms with Crippen LogP contribution in [0.15, 0.2) is 89.3 Å². The minimum atomic E-state index is -0.298. The van der Waals surface area contributed by atoms with E-state index in [4.69, 9.17) is 14.2 Å². The molecule has 0 unspecified atom stereocenters. The van der Waals surface area contributed by atoms with Crippen molar-refractivity contribution in [1.29, 1.82) is 0 Å². The number of ether oxygens (including phenoxy) is 3. The zero-order chi connectivity index (χ0) is 25.0. The number of carbonyl (C=O) groups excluding carboxylic acids is 1. The lowest BCUT2D eigenvalue weighted by Gasteiger charge is -2.11. The van der Waals surface area contributed by atoms with Crippen LogP contribution in [0, 0.1) is 0 Å². The fourth-order valence-electron chi connectivity index (χ4n) is 3.28. The number of anilines is 1. The Kier molecular flexibility index (Phi) is 9.05. The number of thiazole rings is 1. The largest absolute Gasteiger partial charge is 0.489 e. The van der Waals surface area contributed by atoms with E-state index in [1.54, 1.807) is 13.1 Å². The Morgan fingerprint density at radius 3 is 2.14 bits per heavy atom. The first kappa shape index (κ1) is 24.9. The molecule has 184 valence electrons. The number of nitrogens with zero attached hydrogens (tertiary/aromatic N) is 2. The molecule has 36 heavy (non-hydrogen) atoms. The first-order valence-corrected chi connectivity index (χ1v) is 12.4. The first-order valence-electron chi connectivity index (χ1n) is 11.6. The fourth-order valence-corrected chi connectivity index (χ4v) is 3.94. The Morgan fingerprint density at radius 1 is 0.944 bits per heavy atom. The van der Waals surface area contributed by atoms with E-state index in [0.29, 0.717) is 42.1 Å². The summed E-state index contributed by atoms with van der Waals surface area (Å²) in [6.07, 6.45) is 1.82. The van der Waals surface area contributed by atoms with Gasteiger partial charge in [0.25, 0.3) is 0 Å². The molecule has 1 aromatic heterocycles. The number of esters is 1. The summed E-state index contributed by atoms with van der Waals surface area (Å²) in [5.41, 5.74) is 6.52. The highest BCUT2D eigenvalue weighted by molar-refractivity contribution is 7.13. The third-order valence-corrected chi connectivity index (χ3v) is 5.75. The molecule has 0 saturated carbocycles. The highest BCUT2D eigenvalue weighted by Crippen LogP contribution is 2.24. The van der Waals surface area contributed by atoms with E-state index in [1.165, 1.54) is 11.3 Å². The number of nitrogens with one attached hydrogen (secondary N) is 1. The fraction of sp³-hybridized carbons (Fsp3) is 0.179. The average molecular weight is 502 g/mol. The van der Waals surface area contributed by atoms with E-state index in [0.717, 1.165) is 16.7 Å². The van der Waals surface area contributed by atoms with Crippen LogP contribution in [0.4, 0.5) is 5.13 Å². The number of hydrogen-bond acceptors (Lipinski definition) is 8. The number of carbonyl (C=O) groups is 1. The molecule has 3 aromatic carbocycles. The monoisotopic (exact) mass is 501 g/mol. The van der Waals surface area contributed by atoms with Crippen molar-refractivity contribution in [2.24, 2.45) is 5.10 Å². The molecule has 1 N–H and O–H groups in total. The van der Waals surface area contributed by atoms with Crippen molar-refractivity contribution in [3.63, 3.8) is 0 Å². The van der Waals surface area contributed by atoms with Crippen LogP contribution in [0.3, 0.4) is 0 Å². The maximum atomic E-state index is 11.6. The van der Waals surface area contributed by atoms with E-state index in [2.05, 4.69) is 15.5 Å². The maximum Gasteiger partial charge on any atom is 0.311 e. The van der Waals surface area contributed by atoms with Crippen molar-refractivity contribution in [3.05, 3.63) is 107 Å². The third-order valence-electron chi connectivity index (χ3n) is 4.96. The molecule has 0 spiro atoms. The Morgan fingerprint density at radius 2 is 1.56 bits per heavy atom. The van der Waals surface area contributed by atoms with E-state index in [-0.39, 0.29) is 12.4 Å². The summed E-state index contributed by atoms with van der Waals surface area (Å²) in [6, 6.07) is 25.6. The number of hydrogen-bond donors (Lipinski definition) is 1. The summed E-state index contributed by atoms with van der Waals surface area (Å²) in [6.45, 7) is 3.02. The van der Waals surface area contributed by atoms with Gasteiger partial charge in [0.2, 0.25) is 5.13 Å². The predicted octanol–water partition coefficient (Wildman–Crippen LogP) is 5.85. The summed E-state index contributed by atoms with van der Waals surface area (Å²) in [7, 11) is 0. The second-order valence-corrected chi connectivity index (χ2v) is 8.64. The zero-order valence-electron chi connectivity index (χ0n) is 19.9. The van der Waals surface area contributed by atoms with Gasteiger partial charge in [-0.25, -0.2) is 4.98 Å². The Bertz CT molecular complexity index is 1210. The molecule has 1 heterocycles. The highest BCUT2D eigenvalue weighted by Gasteiger charge is 2.08. The van der Waals surface area contributed by atoms with Gasteiger partial charge in [-0.1, -0.05) is 60.7 Å². The maximum absolute atomic E-state index is 11.6. The van der Waals surface area contributed by atoms with Crippen LogP contribution < -0.4 is 14.9 Å². The third kappa shape index (κ3) is 7.95. The summed E-state index contributed by atoms with van der Waals surface area (Å²) in [4.78, 5) is 16.0. The summed E-state index contributed by atoms with van der Waals surface area (Å²) in [5.74, 6) is 1.06. The molecule has 4 rings (SSSR count). The first-order chi connectivity index (χ1) is 17.7. The highest BCUT2D eigenvalue weighted by atomic mass is 32.1. The van der Waals surface area contributed by atoms with Crippen LogP contribution in [0.2, 0.25) is 0 Å². The molecular weight excluding hydrogens is 474 g/mol. The van der Waals surface area contributed by atoms with E-state index < -0.39 is 0 Å². The van der Waals surface area contributed by atoms with Gasteiger partial charge in [0.1, 0.15) is 24.7 Å². The second kappa shape index (κ2) is 13.1. The van der Waals surface area contributed by atoms with Crippen LogP contribution in [0.25, 0.3) is 0 Å². The number of hydrazone groups is 1. The quantitative estimate of drug-likeness (QED) is 0.149. The summed E-state index contributed by atoms with van der Waals surface area (Å²) < 4.78 is 17.0. The van der Waals surface area contributed by atoms with Crippen LogP contribution >= 0.6 is 11.3 Å². The molecule has 0 aliphatic heterocycles. The molecule has 7 nitrogen and oxygen atoms in total. The zero-order valence-corrected chi connectivity index (χ0v) is 20.7. The van der Waals surface area contributed by atoms with Gasteiger partial charge in [0, 0.05) is 17.0 Å². The molecule has 0 aliphatic rings. The number of aromatic nitrogens is 1. The lowest BCUT2D eigenvalue weighted by molar-refractivity contribution is -0.142. The molecule has 0 atom stereocenters. The molecule has 8 heteroatoms. The molecule has 0 radical (unpaired) electrons. The van der Waals surface area contributed by atoms with Crippen molar-refractivity contribution in [3.8, 4) is 11.5 Å². The summed E-state index contributed by atoms with van der Waals surface area (Å²) >= 11 is 1.37. The molecule has 4 aromatic rings. The van der Waals surface area contributed by atoms with Gasteiger partial charge in [-0.15, -0.1) is 11.3 Å². The Hall–Kier alpha value is -4.17. The minimum Gasteiger partial charge on any atom is -0.489 e. The normalized spacial score (nSPS) is 10.8. The predicted molar refractivity (Wildman–Crippen MR) is 142 cm³/mol. The van der Waals surface area contributed by atoms with Gasteiger partial charge in [-0.05, 0) is 30.2 Å². The molecule has 0 bridgehead atoms. The Labute approximate surface area is 214 Å². The molecule has 0 fully saturated rings. The van der Waals surface area contributed by atoms with Crippen molar-refractivity contribution in [1.82, 2.24) is 4.98 Å². The topological polar surface area (TPSA) is 82.0 Å². The lowest BCUT2D eigenvalue weighted by Crippen LogP contribution is -2.07. The molecule has 0 aliphatic carbocycles. The van der Waals surface area contributed by atoms with Crippen LogP contribution in [-0.4, -0.2) is 23.8 Å². The second-order valence-electron chi connectivity index (χ2n) is 7.78. The number of rotatable bonds is 12. The van der Waals surface area contributed by atoms with E-state index in [9.17, 15) is 4.79 Å². The summed E-state index contributed by atoms with van der Waals surface area (Å²) in [5, 5.41) is 6.70. The van der Waals surface area contributed by atoms with Crippen molar-refractivity contribution < 1.29 is 19.0 Å². The van der Waals surface area contributed by atoms with Gasteiger partial charge < -0.3 is 14.2 Å². The number of benzene rings is 3. The molecule has 0 amide bonds.